The van der Waals surface area contributed by atoms with Crippen LogP contribution in [0.4, 0.5) is 0 Å². The van der Waals surface area contributed by atoms with E-state index in [1.165, 1.54) is 0 Å². The summed E-state index contributed by atoms with van der Waals surface area (Å²) < 4.78 is 50.7. The maximum Gasteiger partial charge on any atom is 0.379 e. The summed E-state index contributed by atoms with van der Waals surface area (Å²) in [4.78, 5) is 40.0. The van der Waals surface area contributed by atoms with Crippen LogP contribution in [0.15, 0.2) is 0 Å². The van der Waals surface area contributed by atoms with Crippen LogP contribution in [0.1, 0.15) is 13.3 Å². The molecule has 0 bridgehead atoms. The maximum atomic E-state index is 13.3. The zero-order valence-electron chi connectivity index (χ0n) is 22.8. The molecule has 0 aliphatic carbocycles. The number of rotatable bonds is 16. The lowest BCUT2D eigenvalue weighted by atomic mass is 9.88. The van der Waals surface area contributed by atoms with Crippen LogP contribution in [-0.4, -0.2) is 91.4 Å². The lowest BCUT2D eigenvalue weighted by Gasteiger charge is -2.42. The largest absolute Gasteiger partial charge is 0.606 e. The molecule has 3 rings (SSSR count). The molecule has 0 aromatic carbocycles. The van der Waals surface area contributed by atoms with Crippen LogP contribution < -0.4 is 14.7 Å². The SMILES string of the molecule is CCC(CO[P+]1([O-])OCC(CBr)(CBr)CO1)(CO[P+]1([O-])OCC(CBr)(CBr)CO1)CO[P+]1([O-])OCC(CBr)(CBr)CO1. The number of hydrogen-bond donors (Lipinski definition) is 0. The lowest BCUT2D eigenvalue weighted by Crippen LogP contribution is -2.46. The van der Waals surface area contributed by atoms with Crippen molar-refractivity contribution < 1.29 is 55.4 Å². The van der Waals surface area contributed by atoms with E-state index < -0.39 is 46.2 Å². The van der Waals surface area contributed by atoms with Crippen molar-refractivity contribution in [1.82, 2.24) is 0 Å². The van der Waals surface area contributed by atoms with E-state index in [1.54, 1.807) is 6.92 Å². The minimum Gasteiger partial charge on any atom is -0.606 e. The Labute approximate surface area is 299 Å². The first kappa shape index (κ1) is 40.1. The van der Waals surface area contributed by atoms with Crippen molar-refractivity contribution in [1.29, 1.82) is 0 Å². The Balaban J connectivity index is 1.71. The van der Waals surface area contributed by atoms with Gasteiger partial charge in [-0.3, -0.25) is 0 Å². The van der Waals surface area contributed by atoms with Crippen LogP contribution in [0.2, 0.25) is 0 Å². The molecule has 3 aliphatic rings. The third-order valence-corrected chi connectivity index (χ3v) is 18.4. The first-order chi connectivity index (χ1) is 19.8. The van der Waals surface area contributed by atoms with Gasteiger partial charge in [0.05, 0.1) is 5.41 Å². The highest BCUT2D eigenvalue weighted by Gasteiger charge is 2.53. The van der Waals surface area contributed by atoms with Gasteiger partial charge in [0, 0.05) is 48.2 Å². The molecule has 0 saturated carbocycles. The van der Waals surface area contributed by atoms with E-state index in [9.17, 15) is 14.7 Å². The van der Waals surface area contributed by atoms with Crippen molar-refractivity contribution in [3.05, 3.63) is 0 Å². The summed E-state index contributed by atoms with van der Waals surface area (Å²) in [6.07, 6.45) is 0.291. The van der Waals surface area contributed by atoms with Gasteiger partial charge in [-0.2, -0.15) is 40.7 Å². The van der Waals surface area contributed by atoms with Crippen molar-refractivity contribution in [2.24, 2.45) is 21.7 Å². The van der Waals surface area contributed by atoms with Crippen molar-refractivity contribution >= 4 is 120 Å². The van der Waals surface area contributed by atoms with Crippen LogP contribution in [0.25, 0.3) is 0 Å². The summed E-state index contributed by atoms with van der Waals surface area (Å²) in [5, 5.41) is 3.38. The first-order valence-corrected chi connectivity index (χ1v) is 23.9. The van der Waals surface area contributed by atoms with E-state index in [-0.39, 0.29) is 59.5 Å². The van der Waals surface area contributed by atoms with Crippen LogP contribution in [-0.2, 0) is 40.7 Å². The van der Waals surface area contributed by atoms with Crippen LogP contribution >= 0.6 is 120 Å². The highest BCUT2D eigenvalue weighted by Crippen LogP contribution is 2.63. The molecular formula is C21H35Br6O12P3. The standard InChI is InChI=1S/C21H35Br6O12P3/c1-2-18(9-31-40(28)34-12-19(3-22,4-23)13-35-40,10-32-41(29)36-14-20(5-24,6-25)15-37-41)11-33-42(30)38-16-21(7-26,8-27)17-39-42/h2-17H2,1H3. The second-order valence-corrected chi connectivity index (χ2v) is 19.3. The van der Waals surface area contributed by atoms with Gasteiger partial charge >= 0.3 is 24.5 Å². The van der Waals surface area contributed by atoms with Gasteiger partial charge in [-0.05, 0) is 6.42 Å². The molecule has 248 valence electrons. The number of alkyl halides is 6. The predicted molar refractivity (Wildman–Crippen MR) is 177 cm³/mol. The van der Waals surface area contributed by atoms with E-state index in [4.69, 9.17) is 40.7 Å². The maximum absolute atomic E-state index is 13.3. The minimum absolute atomic E-state index is 0.131. The van der Waals surface area contributed by atoms with Gasteiger partial charge in [-0.15, -0.1) is 0 Å². The van der Waals surface area contributed by atoms with Gasteiger partial charge in [0.2, 0.25) is 0 Å². The molecule has 0 amide bonds. The summed E-state index contributed by atoms with van der Waals surface area (Å²) in [5.41, 5.74) is -2.38. The highest BCUT2D eigenvalue weighted by atomic mass is 79.9. The van der Waals surface area contributed by atoms with E-state index >= 15 is 0 Å². The Bertz CT molecular complexity index is 725. The Morgan fingerprint density at radius 3 is 0.905 bits per heavy atom. The monoisotopic (exact) mass is 1050 g/mol. The highest BCUT2D eigenvalue weighted by molar-refractivity contribution is 9.10. The normalized spacial score (nSPS) is 26.1. The average molecular weight is 1050 g/mol. The molecule has 3 aliphatic heterocycles. The van der Waals surface area contributed by atoms with Gasteiger partial charge < -0.3 is 14.7 Å². The zero-order valence-corrected chi connectivity index (χ0v) is 35.0. The van der Waals surface area contributed by atoms with Crippen LogP contribution in [0.5, 0.6) is 0 Å². The van der Waals surface area contributed by atoms with Crippen molar-refractivity contribution in [3.63, 3.8) is 0 Å². The van der Waals surface area contributed by atoms with E-state index in [0.29, 0.717) is 38.4 Å². The molecule has 42 heavy (non-hydrogen) atoms. The fourth-order valence-electron chi connectivity index (χ4n) is 3.41. The summed E-state index contributed by atoms with van der Waals surface area (Å²) >= 11 is 20.7. The number of hydrogen-bond acceptors (Lipinski definition) is 12. The Morgan fingerprint density at radius 1 is 0.524 bits per heavy atom. The average Bonchev–Trinajstić information content (AvgIpc) is 3.03. The molecule has 3 saturated heterocycles. The lowest BCUT2D eigenvalue weighted by molar-refractivity contribution is -0.273. The number of phosphoric ester groups is 3. The van der Waals surface area contributed by atoms with Crippen molar-refractivity contribution in [2.75, 3.05) is 91.4 Å². The summed E-state index contributed by atoms with van der Waals surface area (Å²) in [5.74, 6) is 0. The first-order valence-electron chi connectivity index (χ1n) is 12.8. The Morgan fingerprint density at radius 2 is 0.738 bits per heavy atom. The van der Waals surface area contributed by atoms with E-state index in [1.807, 2.05) is 0 Å². The molecule has 3 heterocycles. The van der Waals surface area contributed by atoms with Gasteiger partial charge in [-0.25, -0.2) is 0 Å². The molecule has 0 atom stereocenters. The third-order valence-electron chi connectivity index (χ3n) is 7.21. The molecule has 0 N–H and O–H groups in total. The topological polar surface area (TPSA) is 152 Å². The molecule has 0 spiro atoms. The third kappa shape index (κ3) is 10.4. The summed E-state index contributed by atoms with van der Waals surface area (Å²) in [7, 11) is -11.9. The quantitative estimate of drug-likeness (QED) is 0.151. The zero-order chi connectivity index (χ0) is 31.2. The molecule has 12 nitrogen and oxygen atoms in total. The minimum atomic E-state index is -3.96. The van der Waals surface area contributed by atoms with Crippen molar-refractivity contribution in [2.45, 2.75) is 13.3 Å². The van der Waals surface area contributed by atoms with Gasteiger partial charge in [-0.1, -0.05) is 103 Å². The van der Waals surface area contributed by atoms with E-state index in [2.05, 4.69) is 95.6 Å². The van der Waals surface area contributed by atoms with Crippen LogP contribution in [0, 0.1) is 21.7 Å². The van der Waals surface area contributed by atoms with Gasteiger partial charge in [0.15, 0.2) is 0 Å². The second-order valence-electron chi connectivity index (χ2n) is 11.0. The van der Waals surface area contributed by atoms with E-state index in [0.717, 1.165) is 0 Å². The molecule has 0 aromatic rings. The summed E-state index contributed by atoms with van der Waals surface area (Å²) in [6, 6.07) is 0. The molecular weight excluding hydrogens is 1020 g/mol. The molecule has 21 heteroatoms. The van der Waals surface area contributed by atoms with Gasteiger partial charge in [0.25, 0.3) is 0 Å². The molecule has 3 fully saturated rings. The molecule has 0 aromatic heterocycles. The fraction of sp³-hybridized carbons (Fsp3) is 1.00. The molecule has 0 unspecified atom stereocenters. The number of phosphoric acid groups is 3. The smallest absolute Gasteiger partial charge is 0.379 e. The van der Waals surface area contributed by atoms with Crippen LogP contribution in [0.3, 0.4) is 0 Å². The predicted octanol–water partition coefficient (Wildman–Crippen LogP) is 5.02. The van der Waals surface area contributed by atoms with Gasteiger partial charge in [0.1, 0.15) is 59.5 Å². The Hall–Kier alpha value is 3.69. The number of halogens is 6. The second kappa shape index (κ2) is 17.1. The summed E-state index contributed by atoms with van der Waals surface area (Å²) in [6.45, 7) is 1.74. The molecule has 0 radical (unpaired) electrons. The fourth-order valence-corrected chi connectivity index (χ4v) is 12.7. The van der Waals surface area contributed by atoms with Crippen molar-refractivity contribution in [3.8, 4) is 0 Å². The Kier molecular flexibility index (Phi) is 16.3.